The van der Waals surface area contributed by atoms with Gasteiger partial charge < -0.3 is 10.8 Å². The van der Waals surface area contributed by atoms with Gasteiger partial charge in [-0.25, -0.2) is 4.79 Å². The molecule has 136 valence electrons. The molecule has 1 atom stereocenters. The highest BCUT2D eigenvalue weighted by Gasteiger charge is 2.35. The van der Waals surface area contributed by atoms with E-state index in [1.165, 1.54) is 0 Å². The Balaban J connectivity index is 2.41. The first kappa shape index (κ1) is 19.3. The Kier molecular flexibility index (Phi) is 7.05. The van der Waals surface area contributed by atoms with Crippen LogP contribution >= 0.6 is 0 Å². The minimum absolute atomic E-state index is 0.156. The van der Waals surface area contributed by atoms with Gasteiger partial charge in [-0.15, -0.1) is 0 Å². The van der Waals surface area contributed by atoms with Crippen molar-refractivity contribution >= 4 is 17.8 Å². The van der Waals surface area contributed by atoms with Crippen molar-refractivity contribution in [2.45, 2.75) is 25.3 Å². The molecule has 0 aliphatic rings. The summed E-state index contributed by atoms with van der Waals surface area (Å²) >= 11 is 0. The van der Waals surface area contributed by atoms with Gasteiger partial charge in [0, 0.05) is 11.1 Å². The third kappa shape index (κ3) is 4.77. The summed E-state index contributed by atoms with van der Waals surface area (Å²) in [5, 5.41) is 9.66. The van der Waals surface area contributed by atoms with Gasteiger partial charge in [0.15, 0.2) is 0 Å². The molecule has 0 aliphatic heterocycles. The van der Waals surface area contributed by atoms with Crippen molar-refractivity contribution in [2.75, 3.05) is 6.54 Å². The standard InChI is InChI=1S/C20H22N2O4/c21-14-8-7-13-17(20(25)26)22(18(23)15-9-3-1-4-10-15)19(24)16-11-5-2-6-12-16/h1-6,9-12,17H,7-8,13-14,21H2,(H,25,26)/t17-/m1/s1. The Bertz CT molecular complexity index is 695. The fourth-order valence-corrected chi connectivity index (χ4v) is 2.66. The van der Waals surface area contributed by atoms with E-state index in [9.17, 15) is 19.5 Å². The second-order valence-corrected chi connectivity index (χ2v) is 5.85. The van der Waals surface area contributed by atoms with Crippen molar-refractivity contribution in [1.29, 1.82) is 0 Å². The van der Waals surface area contributed by atoms with Crippen LogP contribution in [0.15, 0.2) is 60.7 Å². The second kappa shape index (κ2) is 9.48. The Morgan fingerprint density at radius 1 is 0.846 bits per heavy atom. The highest BCUT2D eigenvalue weighted by Crippen LogP contribution is 2.18. The number of carbonyl (C=O) groups is 3. The molecule has 0 bridgehead atoms. The van der Waals surface area contributed by atoms with Crippen molar-refractivity contribution in [1.82, 2.24) is 4.90 Å². The molecule has 6 nitrogen and oxygen atoms in total. The summed E-state index contributed by atoms with van der Waals surface area (Å²) in [7, 11) is 0. The number of hydrogen-bond donors (Lipinski definition) is 2. The van der Waals surface area contributed by atoms with E-state index in [4.69, 9.17) is 5.73 Å². The number of nitrogens with zero attached hydrogens (tertiary/aromatic N) is 1. The van der Waals surface area contributed by atoms with Crippen LogP contribution in [0.25, 0.3) is 0 Å². The average Bonchev–Trinajstić information content (AvgIpc) is 2.68. The molecule has 2 rings (SSSR count). The summed E-state index contributed by atoms with van der Waals surface area (Å²) in [6.45, 7) is 0.422. The lowest BCUT2D eigenvalue weighted by Gasteiger charge is -2.27. The lowest BCUT2D eigenvalue weighted by Crippen LogP contribution is -2.48. The van der Waals surface area contributed by atoms with Gasteiger partial charge in [-0.05, 0) is 50.1 Å². The smallest absolute Gasteiger partial charge is 0.326 e. The van der Waals surface area contributed by atoms with Gasteiger partial charge in [0.25, 0.3) is 11.8 Å². The van der Waals surface area contributed by atoms with Crippen molar-refractivity contribution in [3.63, 3.8) is 0 Å². The maximum absolute atomic E-state index is 13.0. The van der Waals surface area contributed by atoms with Crippen LogP contribution in [0.1, 0.15) is 40.0 Å². The highest BCUT2D eigenvalue weighted by atomic mass is 16.4. The van der Waals surface area contributed by atoms with Gasteiger partial charge in [0.05, 0.1) is 0 Å². The summed E-state index contributed by atoms with van der Waals surface area (Å²) in [4.78, 5) is 38.6. The van der Waals surface area contributed by atoms with Gasteiger partial charge in [-0.3, -0.25) is 14.5 Å². The first-order valence-corrected chi connectivity index (χ1v) is 8.47. The Hall–Kier alpha value is -2.99. The van der Waals surface area contributed by atoms with Crippen LogP contribution in [0.2, 0.25) is 0 Å². The zero-order chi connectivity index (χ0) is 18.9. The molecule has 0 spiro atoms. The summed E-state index contributed by atoms with van der Waals surface area (Å²) in [5.41, 5.74) is 6.00. The lowest BCUT2D eigenvalue weighted by molar-refractivity contribution is -0.141. The van der Waals surface area contributed by atoms with E-state index in [1.807, 2.05) is 0 Å². The Labute approximate surface area is 152 Å². The number of imide groups is 1. The number of amides is 2. The van der Waals surface area contributed by atoms with E-state index in [1.54, 1.807) is 60.7 Å². The largest absolute Gasteiger partial charge is 0.480 e. The van der Waals surface area contributed by atoms with Gasteiger partial charge in [-0.2, -0.15) is 0 Å². The maximum Gasteiger partial charge on any atom is 0.326 e. The van der Waals surface area contributed by atoms with Crippen LogP contribution < -0.4 is 5.73 Å². The number of aliphatic carboxylic acids is 1. The molecule has 0 aliphatic carbocycles. The molecule has 0 saturated heterocycles. The molecule has 0 radical (unpaired) electrons. The number of rotatable bonds is 8. The zero-order valence-electron chi connectivity index (χ0n) is 14.4. The van der Waals surface area contributed by atoms with Crippen LogP contribution in [-0.4, -0.2) is 40.4 Å². The van der Waals surface area contributed by atoms with E-state index in [0.29, 0.717) is 19.4 Å². The molecular weight excluding hydrogens is 332 g/mol. The summed E-state index contributed by atoms with van der Waals surface area (Å²) in [6, 6.07) is 15.2. The summed E-state index contributed by atoms with van der Waals surface area (Å²) in [6.07, 6.45) is 1.29. The van der Waals surface area contributed by atoms with Gasteiger partial charge in [0.2, 0.25) is 0 Å². The zero-order valence-corrected chi connectivity index (χ0v) is 14.4. The molecule has 6 heteroatoms. The molecule has 2 aromatic rings. The Morgan fingerprint density at radius 3 is 1.69 bits per heavy atom. The van der Waals surface area contributed by atoms with E-state index in [0.717, 1.165) is 4.90 Å². The van der Waals surface area contributed by atoms with Crippen molar-refractivity contribution in [3.8, 4) is 0 Å². The minimum Gasteiger partial charge on any atom is -0.480 e. The van der Waals surface area contributed by atoms with Crippen molar-refractivity contribution in [3.05, 3.63) is 71.8 Å². The number of nitrogens with two attached hydrogens (primary N) is 1. The van der Waals surface area contributed by atoms with Gasteiger partial charge in [0.1, 0.15) is 6.04 Å². The average molecular weight is 354 g/mol. The van der Waals surface area contributed by atoms with Crippen LogP contribution in [0, 0.1) is 0 Å². The molecule has 3 N–H and O–H groups in total. The van der Waals surface area contributed by atoms with E-state index < -0.39 is 23.8 Å². The van der Waals surface area contributed by atoms with Crippen LogP contribution in [0.4, 0.5) is 0 Å². The Morgan fingerprint density at radius 2 is 1.31 bits per heavy atom. The van der Waals surface area contributed by atoms with Crippen LogP contribution in [0.3, 0.4) is 0 Å². The third-order valence-electron chi connectivity index (χ3n) is 4.01. The molecule has 0 unspecified atom stereocenters. The number of unbranched alkanes of at least 4 members (excludes halogenated alkanes) is 1. The number of carbonyl (C=O) groups excluding carboxylic acids is 2. The van der Waals surface area contributed by atoms with E-state index in [-0.39, 0.29) is 17.5 Å². The topological polar surface area (TPSA) is 101 Å². The molecule has 2 amide bonds. The number of carboxylic acid groups (broad SMARTS) is 1. The molecule has 2 aromatic carbocycles. The lowest BCUT2D eigenvalue weighted by atomic mass is 10.0. The molecule has 26 heavy (non-hydrogen) atoms. The number of benzene rings is 2. The number of hydrogen-bond acceptors (Lipinski definition) is 4. The van der Waals surface area contributed by atoms with E-state index >= 15 is 0 Å². The monoisotopic (exact) mass is 354 g/mol. The quantitative estimate of drug-likeness (QED) is 0.560. The van der Waals surface area contributed by atoms with Gasteiger partial charge in [-0.1, -0.05) is 36.4 Å². The summed E-state index contributed by atoms with van der Waals surface area (Å²) in [5.74, 6) is -2.46. The fourth-order valence-electron chi connectivity index (χ4n) is 2.66. The molecule has 0 fully saturated rings. The number of carboxylic acids is 1. The second-order valence-electron chi connectivity index (χ2n) is 5.85. The fraction of sp³-hybridized carbons (Fsp3) is 0.250. The minimum atomic E-state index is -1.25. The van der Waals surface area contributed by atoms with Gasteiger partial charge >= 0.3 is 5.97 Å². The normalized spacial score (nSPS) is 11.6. The molecular formula is C20H22N2O4. The first-order chi connectivity index (χ1) is 12.6. The van der Waals surface area contributed by atoms with Crippen molar-refractivity contribution in [2.24, 2.45) is 5.73 Å². The van der Waals surface area contributed by atoms with Crippen LogP contribution in [0.5, 0.6) is 0 Å². The van der Waals surface area contributed by atoms with E-state index in [2.05, 4.69) is 0 Å². The van der Waals surface area contributed by atoms with Crippen LogP contribution in [-0.2, 0) is 4.79 Å². The highest BCUT2D eigenvalue weighted by molar-refractivity contribution is 6.12. The summed E-state index contributed by atoms with van der Waals surface area (Å²) < 4.78 is 0. The predicted octanol–water partition coefficient (Wildman–Crippen LogP) is 2.55. The van der Waals surface area contributed by atoms with Crippen molar-refractivity contribution < 1.29 is 19.5 Å². The first-order valence-electron chi connectivity index (χ1n) is 8.47. The molecule has 0 aromatic heterocycles. The maximum atomic E-state index is 13.0. The SMILES string of the molecule is NCCCC[C@H](C(=O)O)N(C(=O)c1ccccc1)C(=O)c1ccccc1. The third-order valence-corrected chi connectivity index (χ3v) is 4.01. The molecule has 0 heterocycles. The molecule has 0 saturated carbocycles. The predicted molar refractivity (Wildman–Crippen MR) is 97.7 cm³/mol.